The minimum atomic E-state index is -1.08. The minimum absolute atomic E-state index is 0.274. The van der Waals surface area contributed by atoms with E-state index in [2.05, 4.69) is 9.47 Å². The Balaban J connectivity index is 2.68. The number of ether oxygens (including phenoxy) is 2. The quantitative estimate of drug-likeness (QED) is 0.278. The zero-order valence-electron chi connectivity index (χ0n) is 5.84. The van der Waals surface area contributed by atoms with Gasteiger partial charge >= 0.3 is 11.9 Å². The molecule has 1 aliphatic rings. The maximum atomic E-state index is 10.6. The van der Waals surface area contributed by atoms with Gasteiger partial charge in [-0.3, -0.25) is 9.59 Å². The second-order valence-corrected chi connectivity index (χ2v) is 2.52. The van der Waals surface area contributed by atoms with Crippen LogP contribution in [0.2, 0.25) is 0 Å². The van der Waals surface area contributed by atoms with Crippen LogP contribution in [-0.2, 0) is 19.1 Å². The molecular weight excluding hydrogens is 137 g/mol. The van der Waals surface area contributed by atoms with Crippen molar-refractivity contribution in [3.8, 4) is 0 Å². The van der Waals surface area contributed by atoms with Crippen LogP contribution in [0.4, 0.5) is 0 Å². The second-order valence-electron chi connectivity index (χ2n) is 2.52. The fraction of sp³-hybridized carbons (Fsp3) is 0.667. The van der Waals surface area contributed by atoms with Gasteiger partial charge < -0.3 is 9.47 Å². The fourth-order valence-corrected chi connectivity index (χ4v) is 0.759. The SMILES string of the molecule is CC1(C)OC(=O)[13CH2]C(=O)O1. The highest BCUT2D eigenvalue weighted by molar-refractivity contribution is 5.92. The first-order valence-corrected chi connectivity index (χ1v) is 2.93. The molecule has 0 bridgehead atoms. The molecule has 1 rings (SSSR count). The van der Waals surface area contributed by atoms with E-state index in [0.29, 0.717) is 0 Å². The van der Waals surface area contributed by atoms with Gasteiger partial charge in [-0.2, -0.15) is 0 Å². The van der Waals surface area contributed by atoms with E-state index in [9.17, 15) is 9.59 Å². The summed E-state index contributed by atoms with van der Waals surface area (Å²) in [6, 6.07) is 0. The molecule has 10 heavy (non-hydrogen) atoms. The van der Waals surface area contributed by atoms with Crippen LogP contribution in [0.3, 0.4) is 0 Å². The first kappa shape index (κ1) is 7.05. The van der Waals surface area contributed by atoms with Crippen molar-refractivity contribution in [3.05, 3.63) is 0 Å². The molecule has 0 aliphatic carbocycles. The lowest BCUT2D eigenvalue weighted by Crippen LogP contribution is -2.39. The summed E-state index contributed by atoms with van der Waals surface area (Å²) in [5.74, 6) is -2.13. The van der Waals surface area contributed by atoms with E-state index in [-0.39, 0.29) is 6.42 Å². The monoisotopic (exact) mass is 145 g/mol. The second kappa shape index (κ2) is 1.97. The van der Waals surface area contributed by atoms with Crippen molar-refractivity contribution in [2.45, 2.75) is 26.1 Å². The Morgan fingerprint density at radius 2 is 1.60 bits per heavy atom. The number of hydrogen-bond donors (Lipinski definition) is 0. The summed E-state index contributed by atoms with van der Waals surface area (Å²) in [5, 5.41) is 0. The van der Waals surface area contributed by atoms with Crippen molar-refractivity contribution in [1.82, 2.24) is 0 Å². The van der Waals surface area contributed by atoms with Crippen LogP contribution in [0.15, 0.2) is 0 Å². The maximum Gasteiger partial charge on any atom is 0.320 e. The normalized spacial score (nSPS) is 23.4. The van der Waals surface area contributed by atoms with Crippen molar-refractivity contribution in [2.24, 2.45) is 0 Å². The molecule has 0 atom stereocenters. The van der Waals surface area contributed by atoms with Gasteiger partial charge in [0.25, 0.3) is 5.79 Å². The summed E-state index contributed by atoms with van der Waals surface area (Å²) >= 11 is 0. The molecular formula is C6H8O4. The standard InChI is InChI=1S/C6H8O4/c1-6(2)9-4(7)3-5(8)10-6/h3H2,1-2H3/i3+1. The topological polar surface area (TPSA) is 52.6 Å². The number of esters is 2. The first-order chi connectivity index (χ1) is 4.49. The Morgan fingerprint density at radius 3 is 1.90 bits per heavy atom. The number of rotatable bonds is 0. The summed E-state index contributed by atoms with van der Waals surface area (Å²) in [5.41, 5.74) is 0. The fourth-order valence-electron chi connectivity index (χ4n) is 0.759. The Morgan fingerprint density at radius 1 is 1.20 bits per heavy atom. The van der Waals surface area contributed by atoms with Crippen LogP contribution < -0.4 is 0 Å². The summed E-state index contributed by atoms with van der Waals surface area (Å²) in [6.07, 6.45) is -0.274. The third-order valence-electron chi connectivity index (χ3n) is 1.01. The van der Waals surface area contributed by atoms with Crippen LogP contribution in [0, 0.1) is 0 Å². The Labute approximate surface area is 58.1 Å². The molecule has 0 aromatic heterocycles. The third kappa shape index (κ3) is 1.46. The molecule has 0 spiro atoms. The summed E-state index contributed by atoms with van der Waals surface area (Å²) < 4.78 is 9.32. The van der Waals surface area contributed by atoms with E-state index >= 15 is 0 Å². The average molecular weight is 145 g/mol. The van der Waals surface area contributed by atoms with Crippen LogP contribution in [-0.4, -0.2) is 17.7 Å². The molecule has 0 radical (unpaired) electrons. The number of hydrogen-bond acceptors (Lipinski definition) is 4. The lowest BCUT2D eigenvalue weighted by atomic mass is 10.4. The van der Waals surface area contributed by atoms with Gasteiger partial charge in [0.15, 0.2) is 0 Å². The van der Waals surface area contributed by atoms with E-state index in [0.717, 1.165) is 0 Å². The highest BCUT2D eigenvalue weighted by atomic mass is 16.7. The van der Waals surface area contributed by atoms with Crippen LogP contribution >= 0.6 is 0 Å². The lowest BCUT2D eigenvalue weighted by Gasteiger charge is -2.28. The van der Waals surface area contributed by atoms with Crippen molar-refractivity contribution < 1.29 is 19.1 Å². The smallest absolute Gasteiger partial charge is 0.320 e. The highest BCUT2D eigenvalue weighted by Gasteiger charge is 2.34. The van der Waals surface area contributed by atoms with E-state index in [1.807, 2.05) is 0 Å². The molecule has 1 heterocycles. The summed E-state index contributed by atoms with van der Waals surface area (Å²) in [4.78, 5) is 21.1. The Bertz CT molecular complexity index is 164. The van der Waals surface area contributed by atoms with Crippen LogP contribution in [0.1, 0.15) is 20.3 Å². The van der Waals surface area contributed by atoms with Crippen LogP contribution in [0.5, 0.6) is 0 Å². The molecule has 0 aromatic rings. The van der Waals surface area contributed by atoms with E-state index in [1.54, 1.807) is 0 Å². The summed E-state index contributed by atoms with van der Waals surface area (Å²) in [6.45, 7) is 3.03. The lowest BCUT2D eigenvalue weighted by molar-refractivity contribution is -0.231. The average Bonchev–Trinajstić information content (AvgIpc) is 1.54. The molecule has 1 saturated heterocycles. The zero-order valence-corrected chi connectivity index (χ0v) is 5.84. The molecule has 1 fully saturated rings. The molecule has 0 amide bonds. The van der Waals surface area contributed by atoms with Crippen LogP contribution in [0.25, 0.3) is 0 Å². The van der Waals surface area contributed by atoms with Gasteiger partial charge in [-0.25, -0.2) is 0 Å². The number of cyclic esters (lactones) is 2. The molecule has 56 valence electrons. The molecule has 0 saturated carbocycles. The maximum absolute atomic E-state index is 10.6. The van der Waals surface area contributed by atoms with Gasteiger partial charge in [-0.15, -0.1) is 0 Å². The van der Waals surface area contributed by atoms with Crippen molar-refractivity contribution in [2.75, 3.05) is 0 Å². The van der Waals surface area contributed by atoms with Crippen molar-refractivity contribution in [3.63, 3.8) is 0 Å². The molecule has 0 N–H and O–H groups in total. The van der Waals surface area contributed by atoms with E-state index < -0.39 is 17.7 Å². The molecule has 0 unspecified atom stereocenters. The van der Waals surface area contributed by atoms with E-state index in [4.69, 9.17) is 0 Å². The number of carbonyl (C=O) groups is 2. The molecule has 4 nitrogen and oxygen atoms in total. The number of carbonyl (C=O) groups excluding carboxylic acids is 2. The van der Waals surface area contributed by atoms with Gasteiger partial charge in [-0.1, -0.05) is 0 Å². The van der Waals surface area contributed by atoms with Crippen molar-refractivity contribution in [1.29, 1.82) is 0 Å². The first-order valence-electron chi connectivity index (χ1n) is 2.93. The van der Waals surface area contributed by atoms with Gasteiger partial charge in [-0.05, 0) is 0 Å². The third-order valence-corrected chi connectivity index (χ3v) is 1.01. The van der Waals surface area contributed by atoms with Gasteiger partial charge in [0.2, 0.25) is 0 Å². The molecule has 0 aromatic carbocycles. The van der Waals surface area contributed by atoms with E-state index in [1.165, 1.54) is 13.8 Å². The molecule has 1 aliphatic heterocycles. The predicted molar refractivity (Wildman–Crippen MR) is 30.9 cm³/mol. The van der Waals surface area contributed by atoms with Crippen molar-refractivity contribution >= 4 is 11.9 Å². The predicted octanol–water partition coefficient (Wildman–Crippen LogP) is 0.213. The Hall–Kier alpha value is -1.06. The zero-order chi connectivity index (χ0) is 7.78. The largest absolute Gasteiger partial charge is 0.423 e. The van der Waals surface area contributed by atoms with Gasteiger partial charge in [0.05, 0.1) is 0 Å². The van der Waals surface area contributed by atoms with Gasteiger partial charge in [0.1, 0.15) is 6.42 Å². The van der Waals surface area contributed by atoms with Gasteiger partial charge in [0, 0.05) is 13.8 Å². The molecule has 4 heteroatoms. The Kier molecular flexibility index (Phi) is 1.39. The minimum Gasteiger partial charge on any atom is -0.423 e. The highest BCUT2D eigenvalue weighted by Crippen LogP contribution is 2.18. The summed E-state index contributed by atoms with van der Waals surface area (Å²) in [7, 11) is 0.